The standard InChI is InChI=1S/C13H15FN4OS/c1-3-5-15-11-10(14)9(4-6-16-11)12(19)18-13-17-7-8(2)20-13/h4,6-7H,3,5H2,1-2H3,(H,15,16)(H,17,18,19). The Hall–Kier alpha value is -2.02. The molecule has 2 N–H and O–H groups in total. The van der Waals surface area contributed by atoms with Crippen LogP contribution in [-0.2, 0) is 0 Å². The van der Waals surface area contributed by atoms with E-state index in [0.717, 1.165) is 11.3 Å². The zero-order valence-corrected chi connectivity index (χ0v) is 12.1. The number of aromatic nitrogens is 2. The zero-order valence-electron chi connectivity index (χ0n) is 11.2. The molecule has 0 saturated heterocycles. The smallest absolute Gasteiger partial charge is 0.260 e. The fraction of sp³-hybridized carbons (Fsp3) is 0.308. The summed E-state index contributed by atoms with van der Waals surface area (Å²) < 4.78 is 14.2. The fourth-order valence-electron chi connectivity index (χ4n) is 1.56. The highest BCUT2D eigenvalue weighted by Gasteiger charge is 2.16. The van der Waals surface area contributed by atoms with Gasteiger partial charge < -0.3 is 5.32 Å². The maximum absolute atomic E-state index is 14.2. The van der Waals surface area contributed by atoms with Gasteiger partial charge in [-0.05, 0) is 19.4 Å². The molecular weight excluding hydrogens is 279 g/mol. The van der Waals surface area contributed by atoms with Crippen molar-refractivity contribution in [3.8, 4) is 0 Å². The van der Waals surface area contributed by atoms with E-state index in [2.05, 4.69) is 20.6 Å². The van der Waals surface area contributed by atoms with E-state index >= 15 is 0 Å². The van der Waals surface area contributed by atoms with Crippen LogP contribution in [0.5, 0.6) is 0 Å². The first-order valence-corrected chi connectivity index (χ1v) is 7.05. The second kappa shape index (κ2) is 6.42. The minimum absolute atomic E-state index is 0.0496. The second-order valence-corrected chi connectivity index (χ2v) is 5.41. The Kier molecular flexibility index (Phi) is 4.62. The molecule has 2 heterocycles. The van der Waals surface area contributed by atoms with Crippen LogP contribution in [0.1, 0.15) is 28.6 Å². The van der Waals surface area contributed by atoms with E-state index in [-0.39, 0.29) is 11.4 Å². The van der Waals surface area contributed by atoms with Crippen molar-refractivity contribution in [2.24, 2.45) is 0 Å². The van der Waals surface area contributed by atoms with Crippen LogP contribution in [0.15, 0.2) is 18.5 Å². The van der Waals surface area contributed by atoms with Gasteiger partial charge in [0, 0.05) is 23.8 Å². The number of halogens is 1. The number of carbonyl (C=O) groups is 1. The molecule has 0 atom stereocenters. The van der Waals surface area contributed by atoms with Gasteiger partial charge in [0.2, 0.25) is 0 Å². The van der Waals surface area contributed by atoms with Gasteiger partial charge in [-0.15, -0.1) is 11.3 Å². The number of thiazole rings is 1. The summed E-state index contributed by atoms with van der Waals surface area (Å²) in [4.78, 5) is 20.9. The summed E-state index contributed by atoms with van der Waals surface area (Å²) in [5, 5.41) is 5.87. The largest absolute Gasteiger partial charge is 0.368 e. The molecule has 2 rings (SSSR count). The normalized spacial score (nSPS) is 10.3. The summed E-state index contributed by atoms with van der Waals surface area (Å²) in [7, 11) is 0. The first-order valence-electron chi connectivity index (χ1n) is 6.24. The van der Waals surface area contributed by atoms with E-state index in [4.69, 9.17) is 0 Å². The Morgan fingerprint density at radius 2 is 2.25 bits per heavy atom. The molecule has 7 heteroatoms. The average molecular weight is 294 g/mol. The number of rotatable bonds is 5. The Bertz CT molecular complexity index is 614. The maximum atomic E-state index is 14.2. The third kappa shape index (κ3) is 3.30. The van der Waals surface area contributed by atoms with Crippen LogP contribution in [0.2, 0.25) is 0 Å². The second-order valence-electron chi connectivity index (χ2n) is 4.18. The van der Waals surface area contributed by atoms with Crippen molar-refractivity contribution in [1.29, 1.82) is 0 Å². The number of carbonyl (C=O) groups excluding carboxylic acids is 1. The number of pyridine rings is 1. The van der Waals surface area contributed by atoms with Crippen LogP contribution in [0.25, 0.3) is 0 Å². The molecule has 0 aliphatic heterocycles. The molecule has 0 radical (unpaired) electrons. The number of anilines is 2. The molecule has 0 aromatic carbocycles. The molecule has 0 aliphatic carbocycles. The van der Waals surface area contributed by atoms with Gasteiger partial charge in [0.15, 0.2) is 16.8 Å². The van der Waals surface area contributed by atoms with Crippen LogP contribution in [0, 0.1) is 12.7 Å². The summed E-state index contributed by atoms with van der Waals surface area (Å²) in [6, 6.07) is 1.35. The van der Waals surface area contributed by atoms with Crippen LogP contribution in [0.3, 0.4) is 0 Å². The molecule has 2 aromatic rings. The Labute approximate surface area is 120 Å². The SMILES string of the molecule is CCCNc1nccc(C(=O)Nc2ncc(C)s2)c1F. The van der Waals surface area contributed by atoms with Gasteiger partial charge in [-0.25, -0.2) is 14.4 Å². The van der Waals surface area contributed by atoms with E-state index in [1.165, 1.54) is 23.6 Å². The predicted octanol–water partition coefficient (Wildman–Crippen LogP) is 3.06. The average Bonchev–Trinajstić information content (AvgIpc) is 2.83. The van der Waals surface area contributed by atoms with Gasteiger partial charge in [0.1, 0.15) is 0 Å². The van der Waals surface area contributed by atoms with E-state index < -0.39 is 11.7 Å². The zero-order chi connectivity index (χ0) is 14.5. The minimum Gasteiger partial charge on any atom is -0.368 e. The maximum Gasteiger partial charge on any atom is 0.260 e. The fourth-order valence-corrected chi connectivity index (χ4v) is 2.22. The topological polar surface area (TPSA) is 66.9 Å². The Balaban J connectivity index is 2.17. The lowest BCUT2D eigenvalue weighted by Gasteiger charge is -2.08. The lowest BCUT2D eigenvalue weighted by atomic mass is 10.2. The lowest BCUT2D eigenvalue weighted by Crippen LogP contribution is -2.15. The Morgan fingerprint density at radius 1 is 1.45 bits per heavy atom. The number of hydrogen-bond acceptors (Lipinski definition) is 5. The number of amides is 1. The number of aryl methyl sites for hydroxylation is 1. The number of hydrogen-bond donors (Lipinski definition) is 2. The molecule has 0 fully saturated rings. The summed E-state index contributed by atoms with van der Waals surface area (Å²) in [6.45, 7) is 4.44. The first kappa shape index (κ1) is 14.4. The molecule has 5 nitrogen and oxygen atoms in total. The lowest BCUT2D eigenvalue weighted by molar-refractivity contribution is 0.102. The van der Waals surface area contributed by atoms with Crippen molar-refractivity contribution in [2.45, 2.75) is 20.3 Å². The summed E-state index contributed by atoms with van der Waals surface area (Å²) >= 11 is 1.34. The predicted molar refractivity (Wildman–Crippen MR) is 77.8 cm³/mol. The van der Waals surface area contributed by atoms with E-state index in [9.17, 15) is 9.18 Å². The Morgan fingerprint density at radius 3 is 2.90 bits per heavy atom. The van der Waals surface area contributed by atoms with Crippen molar-refractivity contribution in [2.75, 3.05) is 17.2 Å². The van der Waals surface area contributed by atoms with Gasteiger partial charge in [0.25, 0.3) is 5.91 Å². The summed E-state index contributed by atoms with van der Waals surface area (Å²) in [6.07, 6.45) is 3.90. The number of nitrogens with one attached hydrogen (secondary N) is 2. The molecule has 0 aliphatic rings. The summed E-state index contributed by atoms with van der Waals surface area (Å²) in [5.74, 6) is -1.08. The van der Waals surface area contributed by atoms with Gasteiger partial charge in [-0.2, -0.15) is 0 Å². The minimum atomic E-state index is -0.647. The van der Waals surface area contributed by atoms with Crippen molar-refractivity contribution in [3.63, 3.8) is 0 Å². The molecule has 0 bridgehead atoms. The van der Waals surface area contributed by atoms with Crippen LogP contribution >= 0.6 is 11.3 Å². The van der Waals surface area contributed by atoms with Gasteiger partial charge >= 0.3 is 0 Å². The van der Waals surface area contributed by atoms with Gasteiger partial charge in [-0.1, -0.05) is 6.92 Å². The third-order valence-electron chi connectivity index (χ3n) is 2.52. The van der Waals surface area contributed by atoms with E-state index in [0.29, 0.717) is 11.7 Å². The molecule has 1 amide bonds. The highest BCUT2D eigenvalue weighted by molar-refractivity contribution is 7.15. The number of nitrogens with zero attached hydrogens (tertiary/aromatic N) is 2. The molecular formula is C13H15FN4OS. The molecule has 0 spiro atoms. The van der Waals surface area contributed by atoms with Crippen LogP contribution in [0.4, 0.5) is 15.3 Å². The van der Waals surface area contributed by atoms with E-state index in [1.807, 2.05) is 13.8 Å². The third-order valence-corrected chi connectivity index (χ3v) is 3.35. The van der Waals surface area contributed by atoms with Crippen molar-refractivity contribution in [1.82, 2.24) is 9.97 Å². The molecule has 0 saturated carbocycles. The molecule has 106 valence electrons. The van der Waals surface area contributed by atoms with E-state index in [1.54, 1.807) is 6.20 Å². The van der Waals surface area contributed by atoms with Crippen molar-refractivity contribution >= 4 is 28.2 Å². The van der Waals surface area contributed by atoms with Gasteiger partial charge in [-0.3, -0.25) is 10.1 Å². The highest BCUT2D eigenvalue weighted by atomic mass is 32.1. The quantitative estimate of drug-likeness (QED) is 0.889. The monoisotopic (exact) mass is 294 g/mol. The molecule has 20 heavy (non-hydrogen) atoms. The first-order chi connectivity index (χ1) is 9.61. The van der Waals surface area contributed by atoms with Crippen LogP contribution < -0.4 is 10.6 Å². The molecule has 0 unspecified atom stereocenters. The molecule has 2 aromatic heterocycles. The highest BCUT2D eigenvalue weighted by Crippen LogP contribution is 2.20. The van der Waals surface area contributed by atoms with Crippen LogP contribution in [-0.4, -0.2) is 22.4 Å². The summed E-state index contributed by atoms with van der Waals surface area (Å²) in [5.41, 5.74) is -0.0496. The van der Waals surface area contributed by atoms with Crippen molar-refractivity contribution < 1.29 is 9.18 Å². The van der Waals surface area contributed by atoms with Gasteiger partial charge in [0.05, 0.1) is 5.56 Å². The van der Waals surface area contributed by atoms with Crippen molar-refractivity contribution in [3.05, 3.63) is 34.7 Å².